The molecule has 0 bridgehead atoms. The van der Waals surface area contributed by atoms with Gasteiger partial charge in [0.25, 0.3) is 5.91 Å². The molecule has 32 heavy (non-hydrogen) atoms. The van der Waals surface area contributed by atoms with Crippen LogP contribution >= 0.6 is 13.5 Å². The van der Waals surface area contributed by atoms with Gasteiger partial charge in [0.05, 0.1) is 11.6 Å². The minimum absolute atomic E-state index is 0. The highest BCUT2D eigenvalue weighted by molar-refractivity contribution is 7.59. The lowest BCUT2D eigenvalue weighted by atomic mass is 9.91. The summed E-state index contributed by atoms with van der Waals surface area (Å²) in [6.45, 7) is 0. The van der Waals surface area contributed by atoms with Gasteiger partial charge in [0, 0.05) is 37.8 Å². The molecule has 1 aliphatic carbocycles. The van der Waals surface area contributed by atoms with Gasteiger partial charge in [-0.1, -0.05) is 6.07 Å². The number of nitriles is 1. The van der Waals surface area contributed by atoms with Crippen LogP contribution in [-0.2, 0) is 6.18 Å². The number of alkyl halides is 3. The summed E-state index contributed by atoms with van der Waals surface area (Å²) in [5.74, 6) is -0.126. The number of benzene rings is 1. The quantitative estimate of drug-likeness (QED) is 0.698. The van der Waals surface area contributed by atoms with Crippen LogP contribution in [0.25, 0.3) is 0 Å². The van der Waals surface area contributed by atoms with E-state index in [1.807, 2.05) is 6.07 Å². The maximum Gasteiger partial charge on any atom is 0.433 e. The van der Waals surface area contributed by atoms with Crippen molar-refractivity contribution >= 4 is 31.2 Å². The van der Waals surface area contributed by atoms with E-state index in [0.717, 1.165) is 6.07 Å². The molecule has 1 aliphatic rings. The molecule has 0 aliphatic heterocycles. The van der Waals surface area contributed by atoms with E-state index in [0.29, 0.717) is 36.8 Å². The van der Waals surface area contributed by atoms with Gasteiger partial charge in [-0.2, -0.15) is 36.9 Å². The Kier molecular flexibility index (Phi) is 8.32. The standard InChI is InChI=1S/C21H23F3N6O.H2S/c1-30(2)20-28-17(21(22,23)24)11-18(29-20)26-15-6-8-16(9-7-15)27-19(31)14-5-3-4-13(10-14)12-25;/h3-5,10-11,15-16H,6-9H2,1-2H3,(H,27,31)(H,26,28,29);1H2. The van der Waals surface area contributed by atoms with Gasteiger partial charge < -0.3 is 15.5 Å². The molecule has 1 aromatic heterocycles. The van der Waals surface area contributed by atoms with Crippen molar-refractivity contribution in [3.8, 4) is 6.07 Å². The molecule has 1 fully saturated rings. The van der Waals surface area contributed by atoms with Gasteiger partial charge in [-0.3, -0.25) is 4.79 Å². The van der Waals surface area contributed by atoms with E-state index in [4.69, 9.17) is 5.26 Å². The third-order valence-electron chi connectivity index (χ3n) is 5.07. The fourth-order valence-electron chi connectivity index (χ4n) is 3.44. The number of aromatic nitrogens is 2. The van der Waals surface area contributed by atoms with Crippen LogP contribution in [0.1, 0.15) is 47.3 Å². The van der Waals surface area contributed by atoms with Gasteiger partial charge in [0.15, 0.2) is 5.69 Å². The molecular weight excluding hydrogens is 441 g/mol. The first-order chi connectivity index (χ1) is 14.7. The van der Waals surface area contributed by atoms with Gasteiger partial charge >= 0.3 is 6.18 Å². The number of nitrogens with zero attached hydrogens (tertiary/aromatic N) is 4. The summed E-state index contributed by atoms with van der Waals surface area (Å²) in [5, 5.41) is 15.0. The molecule has 0 unspecified atom stereocenters. The van der Waals surface area contributed by atoms with Crippen molar-refractivity contribution in [2.24, 2.45) is 0 Å². The highest BCUT2D eigenvalue weighted by atomic mass is 32.1. The third kappa shape index (κ3) is 6.50. The van der Waals surface area contributed by atoms with E-state index in [1.54, 1.807) is 32.3 Å². The number of nitrogens with one attached hydrogen (secondary N) is 2. The molecule has 1 heterocycles. The van der Waals surface area contributed by atoms with Crippen molar-refractivity contribution in [3.05, 3.63) is 47.2 Å². The summed E-state index contributed by atoms with van der Waals surface area (Å²) in [6, 6.07) is 9.32. The number of hydrogen-bond donors (Lipinski definition) is 2. The highest BCUT2D eigenvalue weighted by Crippen LogP contribution is 2.31. The van der Waals surface area contributed by atoms with E-state index in [-0.39, 0.29) is 43.3 Å². The summed E-state index contributed by atoms with van der Waals surface area (Å²) in [4.78, 5) is 21.6. The minimum Gasteiger partial charge on any atom is -0.367 e. The summed E-state index contributed by atoms with van der Waals surface area (Å²) >= 11 is 0. The third-order valence-corrected chi connectivity index (χ3v) is 5.07. The summed E-state index contributed by atoms with van der Waals surface area (Å²) in [5.41, 5.74) is -0.147. The summed E-state index contributed by atoms with van der Waals surface area (Å²) in [7, 11) is 3.17. The zero-order valence-corrected chi connectivity index (χ0v) is 18.7. The van der Waals surface area contributed by atoms with Crippen molar-refractivity contribution in [2.45, 2.75) is 43.9 Å². The van der Waals surface area contributed by atoms with Crippen molar-refractivity contribution in [1.29, 1.82) is 5.26 Å². The molecule has 7 nitrogen and oxygen atoms in total. The second-order valence-electron chi connectivity index (χ2n) is 7.69. The number of rotatable bonds is 5. The first-order valence-electron chi connectivity index (χ1n) is 9.87. The van der Waals surface area contributed by atoms with Gasteiger partial charge in [0.1, 0.15) is 5.82 Å². The molecule has 3 rings (SSSR count). The van der Waals surface area contributed by atoms with Crippen LogP contribution in [0.3, 0.4) is 0 Å². The predicted molar refractivity (Wildman–Crippen MR) is 120 cm³/mol. The van der Waals surface area contributed by atoms with E-state index >= 15 is 0 Å². The lowest BCUT2D eigenvalue weighted by Gasteiger charge is -2.30. The van der Waals surface area contributed by atoms with Crippen LogP contribution in [0, 0.1) is 11.3 Å². The molecule has 0 atom stereocenters. The zero-order chi connectivity index (χ0) is 22.6. The maximum absolute atomic E-state index is 13.2. The molecular formula is C21H25F3N6OS. The van der Waals surface area contributed by atoms with Crippen LogP contribution < -0.4 is 15.5 Å². The number of hydrogen-bond acceptors (Lipinski definition) is 6. The van der Waals surface area contributed by atoms with E-state index < -0.39 is 11.9 Å². The molecule has 2 aromatic rings. The van der Waals surface area contributed by atoms with Crippen LogP contribution in [0.2, 0.25) is 0 Å². The molecule has 11 heteroatoms. The monoisotopic (exact) mass is 466 g/mol. The first kappa shape index (κ1) is 25.3. The summed E-state index contributed by atoms with van der Waals surface area (Å²) in [6.07, 6.45) is -1.86. The average molecular weight is 467 g/mol. The van der Waals surface area contributed by atoms with Crippen LogP contribution in [0.15, 0.2) is 30.3 Å². The van der Waals surface area contributed by atoms with Crippen molar-refractivity contribution in [1.82, 2.24) is 15.3 Å². The lowest BCUT2D eigenvalue weighted by molar-refractivity contribution is -0.141. The Balaban J connectivity index is 0.00000363. The number of halogens is 3. The van der Waals surface area contributed by atoms with E-state index in [2.05, 4.69) is 20.6 Å². The largest absolute Gasteiger partial charge is 0.433 e. The maximum atomic E-state index is 13.2. The molecule has 1 amide bonds. The fraction of sp³-hybridized carbons (Fsp3) is 0.429. The highest BCUT2D eigenvalue weighted by Gasteiger charge is 2.34. The number of anilines is 2. The molecule has 2 N–H and O–H groups in total. The van der Waals surface area contributed by atoms with Gasteiger partial charge in [-0.25, -0.2) is 4.98 Å². The Labute approximate surface area is 191 Å². The van der Waals surface area contributed by atoms with E-state index in [9.17, 15) is 18.0 Å². The molecule has 0 spiro atoms. The van der Waals surface area contributed by atoms with Crippen LogP contribution in [-0.4, -0.2) is 42.1 Å². The fourth-order valence-corrected chi connectivity index (χ4v) is 3.44. The Bertz CT molecular complexity index is 984. The molecule has 1 saturated carbocycles. The number of amides is 1. The van der Waals surface area contributed by atoms with Gasteiger partial charge in [-0.05, 0) is 43.9 Å². The average Bonchev–Trinajstić information content (AvgIpc) is 2.74. The minimum atomic E-state index is -4.56. The second-order valence-corrected chi connectivity index (χ2v) is 7.69. The normalized spacial score (nSPS) is 18.1. The van der Waals surface area contributed by atoms with E-state index in [1.165, 1.54) is 11.0 Å². The Hall–Kier alpha value is -3.00. The van der Waals surface area contributed by atoms with Crippen molar-refractivity contribution < 1.29 is 18.0 Å². The Morgan fingerprint density at radius 3 is 2.38 bits per heavy atom. The Morgan fingerprint density at radius 2 is 1.78 bits per heavy atom. The van der Waals surface area contributed by atoms with Crippen LogP contribution in [0.4, 0.5) is 24.9 Å². The molecule has 172 valence electrons. The first-order valence-corrected chi connectivity index (χ1v) is 9.87. The smallest absolute Gasteiger partial charge is 0.367 e. The van der Waals surface area contributed by atoms with Crippen molar-refractivity contribution in [2.75, 3.05) is 24.3 Å². The van der Waals surface area contributed by atoms with Gasteiger partial charge in [-0.15, -0.1) is 0 Å². The number of carbonyl (C=O) groups excluding carboxylic acids is 1. The lowest BCUT2D eigenvalue weighted by Crippen LogP contribution is -2.40. The van der Waals surface area contributed by atoms with Crippen molar-refractivity contribution in [3.63, 3.8) is 0 Å². The SMILES string of the molecule is CN(C)c1nc(NC2CCC(NC(=O)c3cccc(C#N)c3)CC2)cc(C(F)(F)F)n1.S. The summed E-state index contributed by atoms with van der Waals surface area (Å²) < 4.78 is 39.5. The van der Waals surface area contributed by atoms with Gasteiger partial charge in [0.2, 0.25) is 5.95 Å². The second kappa shape index (κ2) is 10.5. The Morgan fingerprint density at radius 1 is 1.12 bits per heavy atom. The predicted octanol–water partition coefficient (Wildman–Crippen LogP) is 3.70. The molecule has 0 saturated heterocycles. The molecule has 1 aromatic carbocycles. The topological polar surface area (TPSA) is 93.9 Å². The zero-order valence-electron chi connectivity index (χ0n) is 17.7. The van der Waals surface area contributed by atoms with Crippen LogP contribution in [0.5, 0.6) is 0 Å². The number of carbonyl (C=O) groups is 1. The molecule has 0 radical (unpaired) electrons.